The largest absolute Gasteiger partial charge is 0.480 e. The van der Waals surface area contributed by atoms with Crippen molar-refractivity contribution in [2.75, 3.05) is 37.8 Å². The zero-order valence-electron chi connectivity index (χ0n) is 23.7. The van der Waals surface area contributed by atoms with Crippen molar-refractivity contribution in [3.05, 3.63) is 28.6 Å². The Morgan fingerprint density at radius 1 is 1.12 bits per heavy atom. The molecule has 1 atom stereocenters. The minimum absolute atomic E-state index is 0.0263. The number of fused-ring (bicyclic) bond motifs is 1. The van der Waals surface area contributed by atoms with Gasteiger partial charge in [0.2, 0.25) is 15.9 Å². The van der Waals surface area contributed by atoms with Gasteiger partial charge >= 0.3 is 0 Å². The molecule has 7 rings (SSSR count). The summed E-state index contributed by atoms with van der Waals surface area (Å²) in [5, 5.41) is 3.33. The number of sulfonamides is 1. The van der Waals surface area contributed by atoms with Crippen molar-refractivity contribution in [3.63, 3.8) is 0 Å². The van der Waals surface area contributed by atoms with E-state index >= 15 is 0 Å². The third-order valence-electron chi connectivity index (χ3n) is 9.35. The maximum atomic E-state index is 13.9. The van der Waals surface area contributed by atoms with Gasteiger partial charge in [-0.05, 0) is 69.6 Å². The normalized spacial score (nSPS) is 21.4. The molecule has 1 aliphatic heterocycles. The molecule has 3 aliphatic carbocycles. The smallest absolute Gasteiger partial charge is 0.295 e. The van der Waals surface area contributed by atoms with Crippen LogP contribution in [0.5, 0.6) is 5.88 Å². The number of rotatable bonds is 10. The monoisotopic (exact) mass is 580 g/mol. The number of aromatic nitrogens is 6. The highest BCUT2D eigenvalue weighted by molar-refractivity contribution is 7.89. The average Bonchev–Trinajstić information content (AvgIpc) is 3.84. The second-order valence-corrected chi connectivity index (χ2v) is 14.6. The van der Waals surface area contributed by atoms with Crippen molar-refractivity contribution in [3.8, 4) is 17.3 Å². The Balaban J connectivity index is 1.16. The molecule has 0 bridgehead atoms. The fraction of sp³-hybridized carbons (Fsp3) is 0.643. The first-order valence-electron chi connectivity index (χ1n) is 14.6. The van der Waals surface area contributed by atoms with E-state index in [0.29, 0.717) is 71.6 Å². The van der Waals surface area contributed by atoms with Crippen LogP contribution in [0.1, 0.15) is 70.0 Å². The van der Waals surface area contributed by atoms with Crippen molar-refractivity contribution in [2.45, 2.75) is 64.3 Å². The van der Waals surface area contributed by atoms with Crippen molar-refractivity contribution in [1.82, 2.24) is 33.8 Å². The lowest BCUT2D eigenvalue weighted by Crippen LogP contribution is -2.64. The maximum Gasteiger partial charge on any atom is 0.295 e. The number of ether oxygens (including phenoxy) is 1. The van der Waals surface area contributed by atoms with Crippen LogP contribution in [0.15, 0.2) is 17.3 Å². The first-order chi connectivity index (χ1) is 19.7. The Kier molecular flexibility index (Phi) is 6.31. The van der Waals surface area contributed by atoms with Gasteiger partial charge in [-0.15, -0.1) is 0 Å². The van der Waals surface area contributed by atoms with Gasteiger partial charge in [0.15, 0.2) is 17.3 Å². The molecule has 13 heteroatoms. The number of hydrogen-bond acceptors (Lipinski definition) is 10. The maximum absolute atomic E-state index is 13.9. The summed E-state index contributed by atoms with van der Waals surface area (Å²) in [6.07, 6.45) is 9.37. The topological polar surface area (TPSA) is 145 Å². The van der Waals surface area contributed by atoms with Crippen LogP contribution < -0.4 is 15.6 Å². The quantitative estimate of drug-likeness (QED) is 0.380. The average molecular weight is 581 g/mol. The second-order valence-electron chi connectivity index (χ2n) is 12.4. The van der Waals surface area contributed by atoms with E-state index in [4.69, 9.17) is 9.72 Å². The van der Waals surface area contributed by atoms with Gasteiger partial charge in [-0.2, -0.15) is 0 Å². The molecule has 218 valence electrons. The molecule has 4 fully saturated rings. The molecule has 0 unspecified atom stereocenters. The molecule has 0 aromatic carbocycles. The highest BCUT2D eigenvalue weighted by atomic mass is 32.2. The third-order valence-corrected chi connectivity index (χ3v) is 11.1. The van der Waals surface area contributed by atoms with Gasteiger partial charge < -0.3 is 10.1 Å². The third kappa shape index (κ3) is 4.66. The Morgan fingerprint density at radius 2 is 1.88 bits per heavy atom. The van der Waals surface area contributed by atoms with Gasteiger partial charge in [-0.1, -0.05) is 0 Å². The van der Waals surface area contributed by atoms with Crippen LogP contribution in [-0.2, 0) is 10.0 Å². The van der Waals surface area contributed by atoms with Gasteiger partial charge in [0, 0.05) is 31.6 Å². The van der Waals surface area contributed by atoms with Gasteiger partial charge in [-0.3, -0.25) is 9.36 Å². The van der Waals surface area contributed by atoms with Crippen LogP contribution in [-0.4, -0.2) is 74.7 Å². The number of anilines is 1. The summed E-state index contributed by atoms with van der Waals surface area (Å²) in [7, 11) is -1.54. The zero-order valence-corrected chi connectivity index (χ0v) is 24.5. The lowest BCUT2D eigenvalue weighted by molar-refractivity contribution is -0.0477. The minimum atomic E-state index is -3.11. The number of nitrogens with one attached hydrogen (secondary N) is 1. The molecule has 3 aromatic rings. The van der Waals surface area contributed by atoms with Crippen LogP contribution in [0.3, 0.4) is 0 Å². The van der Waals surface area contributed by atoms with E-state index in [9.17, 15) is 13.2 Å². The summed E-state index contributed by atoms with van der Waals surface area (Å²) in [4.78, 5) is 36.9. The molecule has 12 nitrogen and oxygen atoms in total. The van der Waals surface area contributed by atoms with Crippen LogP contribution in [0.4, 0.5) is 5.82 Å². The summed E-state index contributed by atoms with van der Waals surface area (Å²) >= 11 is 0. The van der Waals surface area contributed by atoms with E-state index in [-0.39, 0.29) is 22.8 Å². The molecule has 3 saturated carbocycles. The highest BCUT2D eigenvalue weighted by Gasteiger charge is 2.54. The number of nitrogens with zero attached hydrogens (tertiary/aromatic N) is 7. The number of hydrogen-bond donors (Lipinski definition) is 1. The molecule has 1 saturated heterocycles. The van der Waals surface area contributed by atoms with Crippen molar-refractivity contribution >= 4 is 27.0 Å². The van der Waals surface area contributed by atoms with Crippen molar-refractivity contribution in [2.24, 2.45) is 17.3 Å². The van der Waals surface area contributed by atoms with E-state index < -0.39 is 10.0 Å². The molecular weight excluding hydrogens is 544 g/mol. The first kappa shape index (κ1) is 26.7. The summed E-state index contributed by atoms with van der Waals surface area (Å²) < 4.78 is 33.2. The molecule has 1 N–H and O–H groups in total. The second kappa shape index (κ2) is 9.69. The molecule has 0 radical (unpaired) electrons. The van der Waals surface area contributed by atoms with Crippen LogP contribution in [0.25, 0.3) is 22.6 Å². The lowest BCUT2D eigenvalue weighted by Gasteiger charge is -2.58. The van der Waals surface area contributed by atoms with Gasteiger partial charge in [-0.25, -0.2) is 37.6 Å². The SMILES string of the molecule is CCS(=O)(=O)N1CC2(CC(CNc3nc4cnc(-c5c(OC)ncnc5C5CC5)nc4n([C@@H](C)C4CC4)c3=O)C2)C1. The summed E-state index contributed by atoms with van der Waals surface area (Å²) in [6, 6.07) is -0.0263. The highest BCUT2D eigenvalue weighted by Crippen LogP contribution is 2.52. The first-order valence-corrected chi connectivity index (χ1v) is 16.2. The van der Waals surface area contributed by atoms with Crippen LogP contribution in [0, 0.1) is 17.3 Å². The van der Waals surface area contributed by atoms with E-state index in [2.05, 4.69) is 32.2 Å². The van der Waals surface area contributed by atoms with Crippen molar-refractivity contribution in [1.29, 1.82) is 0 Å². The van der Waals surface area contributed by atoms with Crippen LogP contribution >= 0.6 is 0 Å². The van der Waals surface area contributed by atoms with E-state index in [1.54, 1.807) is 29.1 Å². The summed E-state index contributed by atoms with van der Waals surface area (Å²) in [5.74, 6) is 2.46. The predicted octanol–water partition coefficient (Wildman–Crippen LogP) is 2.97. The summed E-state index contributed by atoms with van der Waals surface area (Å²) in [6.45, 7) is 5.60. The predicted molar refractivity (Wildman–Crippen MR) is 153 cm³/mol. The molecule has 4 heterocycles. The number of methoxy groups -OCH3 is 1. The lowest BCUT2D eigenvalue weighted by atomic mass is 9.58. The Bertz CT molecular complexity index is 1670. The Hall–Kier alpha value is -3.19. The molecular formula is C28H36N8O4S. The van der Waals surface area contributed by atoms with Gasteiger partial charge in [0.05, 0.1) is 24.8 Å². The zero-order chi connectivity index (χ0) is 28.5. The Labute approximate surface area is 239 Å². The van der Waals surface area contributed by atoms with E-state index in [1.165, 1.54) is 6.33 Å². The fourth-order valence-corrected chi connectivity index (χ4v) is 8.01. The molecule has 0 amide bonds. The molecule has 1 spiro atoms. The van der Waals surface area contributed by atoms with E-state index in [1.807, 2.05) is 0 Å². The van der Waals surface area contributed by atoms with E-state index in [0.717, 1.165) is 44.2 Å². The van der Waals surface area contributed by atoms with Gasteiger partial charge in [0.25, 0.3) is 5.56 Å². The molecule has 4 aliphatic rings. The Morgan fingerprint density at radius 3 is 2.54 bits per heavy atom. The fourth-order valence-electron chi connectivity index (χ4n) is 6.71. The van der Waals surface area contributed by atoms with Gasteiger partial charge in [0.1, 0.15) is 17.4 Å². The molecule has 3 aromatic heterocycles. The molecule has 41 heavy (non-hydrogen) atoms. The minimum Gasteiger partial charge on any atom is -0.480 e. The standard InChI is InChI=1S/C28H36N8O4S/c1-4-41(38,39)35-13-28(14-35)9-17(10-28)11-29-24-27(37)36(16(2)18-5-6-18)25-20(33-24)12-30-23(34-25)21-22(19-7-8-19)31-15-32-26(21)40-3/h12,15-19H,4-11,13-14H2,1-3H3,(H,29,33)/t16-/m0/s1. The summed E-state index contributed by atoms with van der Waals surface area (Å²) in [5.41, 5.74) is 2.53. The van der Waals surface area contributed by atoms with Crippen LogP contribution in [0.2, 0.25) is 0 Å². The van der Waals surface area contributed by atoms with Crippen molar-refractivity contribution < 1.29 is 13.2 Å².